The Hall–Kier alpha value is -0.300. The van der Waals surface area contributed by atoms with Crippen molar-refractivity contribution in [3.63, 3.8) is 0 Å². The van der Waals surface area contributed by atoms with Gasteiger partial charge in [-0.25, -0.2) is 0 Å². The van der Waals surface area contributed by atoms with Crippen molar-refractivity contribution >= 4 is 0 Å². The molecule has 0 N–H and O–H groups in total. The molecule has 0 rings (SSSR count). The van der Waals surface area contributed by atoms with Crippen molar-refractivity contribution in [3.8, 4) is 0 Å². The predicted octanol–water partition coefficient (Wildman–Crippen LogP) is 10.9. The molecule has 0 aliphatic heterocycles. The third-order valence-corrected chi connectivity index (χ3v) is 6.95. The molecule has 32 heavy (non-hydrogen) atoms. The molecule has 0 fully saturated rings. The van der Waals surface area contributed by atoms with Crippen molar-refractivity contribution in [1.29, 1.82) is 0 Å². The quantitative estimate of drug-likeness (QED) is 0.0889. The van der Waals surface area contributed by atoms with Crippen molar-refractivity contribution in [1.82, 2.24) is 4.90 Å². The van der Waals surface area contributed by atoms with Crippen molar-refractivity contribution < 1.29 is 0 Å². The Kier molecular flexibility index (Phi) is 28.5. The van der Waals surface area contributed by atoms with Gasteiger partial charge in [0.15, 0.2) is 0 Å². The smallest absolute Gasteiger partial charge is 0.00218 e. The Labute approximate surface area is 205 Å². The molecule has 0 saturated carbocycles. The molecule has 0 bridgehead atoms. The van der Waals surface area contributed by atoms with E-state index < -0.39 is 0 Å². The van der Waals surface area contributed by atoms with Crippen molar-refractivity contribution in [2.75, 3.05) is 20.1 Å². The number of nitrogens with zero attached hydrogens (tertiary/aromatic N) is 1. The zero-order chi connectivity index (χ0) is 23.4. The molecule has 192 valence electrons. The first-order valence-electron chi connectivity index (χ1n) is 15.1. The summed E-state index contributed by atoms with van der Waals surface area (Å²) in [6.07, 6.45) is 38.9. The number of allylic oxidation sites excluding steroid dienone is 2. The highest BCUT2D eigenvalue weighted by atomic mass is 15.1. The highest BCUT2D eigenvalue weighted by molar-refractivity contribution is 4.81. The number of rotatable bonds is 27. The summed E-state index contributed by atoms with van der Waals surface area (Å²) >= 11 is 0. The van der Waals surface area contributed by atoms with Gasteiger partial charge in [0.2, 0.25) is 0 Å². The zero-order valence-electron chi connectivity index (χ0n) is 23.0. The third kappa shape index (κ3) is 27.7. The zero-order valence-corrected chi connectivity index (χ0v) is 23.0. The topological polar surface area (TPSA) is 3.24 Å². The Balaban J connectivity index is 3.18. The van der Waals surface area contributed by atoms with Crippen LogP contribution < -0.4 is 0 Å². The van der Waals surface area contributed by atoms with Crippen molar-refractivity contribution in [3.05, 3.63) is 12.2 Å². The maximum absolute atomic E-state index is 2.57. The molecule has 0 aromatic rings. The summed E-state index contributed by atoms with van der Waals surface area (Å²) in [7, 11) is 2.32. The van der Waals surface area contributed by atoms with E-state index in [1.54, 1.807) is 0 Å². The predicted molar refractivity (Wildman–Crippen MR) is 149 cm³/mol. The van der Waals surface area contributed by atoms with Crippen LogP contribution in [0.15, 0.2) is 12.2 Å². The minimum atomic E-state index is 1.30. The molecule has 0 amide bonds. The van der Waals surface area contributed by atoms with E-state index in [1.165, 1.54) is 167 Å². The van der Waals surface area contributed by atoms with Crippen LogP contribution in [0.25, 0.3) is 0 Å². The van der Waals surface area contributed by atoms with Crippen LogP contribution in [0.1, 0.15) is 168 Å². The summed E-state index contributed by atoms with van der Waals surface area (Å²) in [5.41, 5.74) is 0. The molecule has 0 aliphatic carbocycles. The van der Waals surface area contributed by atoms with Gasteiger partial charge in [-0.3, -0.25) is 0 Å². The van der Waals surface area contributed by atoms with Gasteiger partial charge in [0.1, 0.15) is 0 Å². The van der Waals surface area contributed by atoms with Crippen LogP contribution in [0.4, 0.5) is 0 Å². The van der Waals surface area contributed by atoms with E-state index >= 15 is 0 Å². The Morgan fingerprint density at radius 1 is 0.375 bits per heavy atom. The van der Waals surface area contributed by atoms with E-state index in [-0.39, 0.29) is 0 Å². The van der Waals surface area contributed by atoms with E-state index in [2.05, 4.69) is 37.9 Å². The fraction of sp³-hybridized carbons (Fsp3) is 0.935. The number of unbranched alkanes of at least 4 members (excludes halogenated alkanes) is 21. The largest absolute Gasteiger partial charge is 0.306 e. The highest BCUT2D eigenvalue weighted by Gasteiger charge is 1.99. The molecule has 0 aromatic carbocycles. The maximum Gasteiger partial charge on any atom is -0.00218 e. The summed E-state index contributed by atoms with van der Waals surface area (Å²) in [6.45, 7) is 7.21. The van der Waals surface area contributed by atoms with Crippen molar-refractivity contribution in [2.24, 2.45) is 0 Å². The lowest BCUT2D eigenvalue weighted by atomic mass is 10.1. The van der Waals surface area contributed by atoms with Gasteiger partial charge in [0, 0.05) is 0 Å². The standard InChI is InChI=1S/C31H63N/c1-4-6-8-10-12-14-16-17-18-19-20-21-23-25-27-29-31-32(3)30-28-26-24-22-15-13-11-9-7-5-2/h17-18H,4-16,19-31H2,1-3H3/b18-17-. The molecule has 1 heteroatoms. The molecule has 0 atom stereocenters. The monoisotopic (exact) mass is 449 g/mol. The number of hydrogen-bond donors (Lipinski definition) is 0. The molecule has 0 radical (unpaired) electrons. The van der Waals surface area contributed by atoms with E-state index in [4.69, 9.17) is 0 Å². The van der Waals surface area contributed by atoms with Crippen LogP contribution in [0.3, 0.4) is 0 Å². The first-order chi connectivity index (χ1) is 15.8. The SMILES string of the molecule is CCCCCCCC/C=C\CCCCCCCCN(C)CCCCCCCCCCCC. The van der Waals surface area contributed by atoms with Gasteiger partial charge in [-0.1, -0.05) is 142 Å². The minimum absolute atomic E-state index is 1.30. The molecule has 0 spiro atoms. The maximum atomic E-state index is 2.57. The van der Waals surface area contributed by atoms with Crippen LogP contribution in [-0.2, 0) is 0 Å². The average Bonchev–Trinajstić information content (AvgIpc) is 2.80. The minimum Gasteiger partial charge on any atom is -0.306 e. The Morgan fingerprint density at radius 2 is 0.656 bits per heavy atom. The molecular weight excluding hydrogens is 386 g/mol. The molecule has 0 aromatic heterocycles. The molecule has 0 aliphatic rings. The van der Waals surface area contributed by atoms with Crippen LogP contribution in [0, 0.1) is 0 Å². The third-order valence-electron chi connectivity index (χ3n) is 6.95. The molecule has 0 saturated heterocycles. The Morgan fingerprint density at radius 3 is 1.00 bits per heavy atom. The second kappa shape index (κ2) is 28.7. The van der Waals surface area contributed by atoms with Gasteiger partial charge in [0.25, 0.3) is 0 Å². The van der Waals surface area contributed by atoms with Gasteiger partial charge in [-0.2, -0.15) is 0 Å². The van der Waals surface area contributed by atoms with Crippen LogP contribution in [0.5, 0.6) is 0 Å². The van der Waals surface area contributed by atoms with Crippen LogP contribution >= 0.6 is 0 Å². The van der Waals surface area contributed by atoms with Gasteiger partial charge in [-0.05, 0) is 58.7 Å². The average molecular weight is 450 g/mol. The fourth-order valence-corrected chi connectivity index (χ4v) is 4.61. The van der Waals surface area contributed by atoms with Gasteiger partial charge in [-0.15, -0.1) is 0 Å². The lowest BCUT2D eigenvalue weighted by Crippen LogP contribution is -2.20. The van der Waals surface area contributed by atoms with Gasteiger partial charge < -0.3 is 4.90 Å². The summed E-state index contributed by atoms with van der Waals surface area (Å²) < 4.78 is 0. The van der Waals surface area contributed by atoms with Crippen LogP contribution in [0.2, 0.25) is 0 Å². The second-order valence-corrected chi connectivity index (χ2v) is 10.4. The fourth-order valence-electron chi connectivity index (χ4n) is 4.61. The summed E-state index contributed by atoms with van der Waals surface area (Å²) in [5.74, 6) is 0. The normalized spacial score (nSPS) is 11.9. The van der Waals surface area contributed by atoms with E-state index in [0.717, 1.165) is 0 Å². The first kappa shape index (κ1) is 31.7. The first-order valence-corrected chi connectivity index (χ1v) is 15.1. The highest BCUT2D eigenvalue weighted by Crippen LogP contribution is 2.12. The van der Waals surface area contributed by atoms with Crippen LogP contribution in [-0.4, -0.2) is 25.0 Å². The van der Waals surface area contributed by atoms with E-state index in [1.807, 2.05) is 0 Å². The molecule has 1 nitrogen and oxygen atoms in total. The molecule has 0 heterocycles. The molecule has 0 unspecified atom stereocenters. The molecular formula is C31H63N. The van der Waals surface area contributed by atoms with Gasteiger partial charge in [0.05, 0.1) is 0 Å². The summed E-state index contributed by atoms with van der Waals surface area (Å²) in [6, 6.07) is 0. The van der Waals surface area contributed by atoms with Crippen molar-refractivity contribution in [2.45, 2.75) is 168 Å². The lowest BCUT2D eigenvalue weighted by Gasteiger charge is -2.16. The summed E-state index contributed by atoms with van der Waals surface area (Å²) in [4.78, 5) is 2.57. The van der Waals surface area contributed by atoms with Gasteiger partial charge >= 0.3 is 0 Å². The second-order valence-electron chi connectivity index (χ2n) is 10.4. The van der Waals surface area contributed by atoms with E-state index in [9.17, 15) is 0 Å². The van der Waals surface area contributed by atoms with E-state index in [0.29, 0.717) is 0 Å². The number of hydrogen-bond acceptors (Lipinski definition) is 1. The lowest BCUT2D eigenvalue weighted by molar-refractivity contribution is 0.314. The Bertz CT molecular complexity index is 348. The summed E-state index contributed by atoms with van der Waals surface area (Å²) in [5, 5.41) is 0.